The molecule has 0 aromatic carbocycles. The summed E-state index contributed by atoms with van der Waals surface area (Å²) in [4.78, 5) is 14.6. The Morgan fingerprint density at radius 3 is 3.00 bits per heavy atom. The van der Waals surface area contributed by atoms with Gasteiger partial charge in [-0.05, 0) is 51.5 Å². The number of ether oxygens (including phenoxy) is 1. The van der Waals surface area contributed by atoms with Gasteiger partial charge in [-0.15, -0.1) is 0 Å². The molecule has 0 spiro atoms. The number of nitrogens with zero attached hydrogens (tertiary/aromatic N) is 2. The topological polar surface area (TPSA) is 67.6 Å². The van der Waals surface area contributed by atoms with Crippen LogP contribution in [0.2, 0.25) is 0 Å². The van der Waals surface area contributed by atoms with Gasteiger partial charge in [0.1, 0.15) is 11.9 Å². The maximum atomic E-state index is 12.3. The van der Waals surface area contributed by atoms with Crippen molar-refractivity contribution >= 4 is 5.91 Å². The first-order chi connectivity index (χ1) is 11.2. The van der Waals surface area contributed by atoms with Crippen molar-refractivity contribution in [1.29, 1.82) is 0 Å². The van der Waals surface area contributed by atoms with E-state index < -0.39 is 0 Å². The van der Waals surface area contributed by atoms with E-state index in [0.29, 0.717) is 12.0 Å². The quantitative estimate of drug-likeness (QED) is 0.913. The Balaban J connectivity index is 1.30. The lowest BCUT2D eigenvalue weighted by molar-refractivity contribution is -0.134. The first kappa shape index (κ1) is 15.1. The molecule has 2 aliphatic heterocycles. The van der Waals surface area contributed by atoms with Crippen molar-refractivity contribution < 1.29 is 14.1 Å². The predicted octanol–water partition coefficient (Wildman–Crippen LogP) is 1.63. The van der Waals surface area contributed by atoms with Gasteiger partial charge in [0.15, 0.2) is 0 Å². The van der Waals surface area contributed by atoms with Crippen LogP contribution >= 0.6 is 0 Å². The zero-order chi connectivity index (χ0) is 15.8. The Morgan fingerprint density at radius 2 is 2.30 bits per heavy atom. The molecule has 3 fully saturated rings. The maximum absolute atomic E-state index is 12.3. The number of rotatable bonds is 4. The number of carbonyl (C=O) groups excluding carboxylic acids is 1. The molecule has 0 bridgehead atoms. The molecular formula is C17H25N3O3. The summed E-state index contributed by atoms with van der Waals surface area (Å²) >= 11 is 0. The van der Waals surface area contributed by atoms with Crippen molar-refractivity contribution in [2.24, 2.45) is 5.92 Å². The molecule has 6 nitrogen and oxygen atoms in total. The number of carbonyl (C=O) groups is 1. The molecule has 1 aromatic rings. The van der Waals surface area contributed by atoms with Gasteiger partial charge < -0.3 is 14.6 Å². The van der Waals surface area contributed by atoms with Crippen LogP contribution in [0.3, 0.4) is 0 Å². The van der Waals surface area contributed by atoms with Crippen LogP contribution in [0, 0.1) is 12.8 Å². The van der Waals surface area contributed by atoms with Crippen molar-refractivity contribution in [2.75, 3.05) is 13.1 Å². The molecule has 0 unspecified atom stereocenters. The molecule has 1 aliphatic carbocycles. The number of aryl methyl sites for hydroxylation is 1. The Hall–Kier alpha value is -1.40. The summed E-state index contributed by atoms with van der Waals surface area (Å²) in [6, 6.07) is 2.37. The van der Waals surface area contributed by atoms with E-state index in [-0.39, 0.29) is 18.1 Å². The van der Waals surface area contributed by atoms with E-state index in [0.717, 1.165) is 56.8 Å². The van der Waals surface area contributed by atoms with Crippen LogP contribution in [0.15, 0.2) is 10.6 Å². The summed E-state index contributed by atoms with van der Waals surface area (Å²) in [5.74, 6) is 1.46. The molecule has 3 heterocycles. The van der Waals surface area contributed by atoms with Crippen molar-refractivity contribution in [1.82, 2.24) is 15.4 Å². The number of likely N-dealkylation sites (tertiary alicyclic amines) is 1. The molecular weight excluding hydrogens is 294 g/mol. The third kappa shape index (κ3) is 3.28. The van der Waals surface area contributed by atoms with Gasteiger partial charge in [0.2, 0.25) is 5.91 Å². The van der Waals surface area contributed by atoms with Crippen LogP contribution in [0.5, 0.6) is 0 Å². The van der Waals surface area contributed by atoms with Gasteiger partial charge >= 0.3 is 0 Å². The number of amides is 1. The number of aromatic nitrogens is 1. The fraction of sp³-hybridized carbons (Fsp3) is 0.765. The van der Waals surface area contributed by atoms with E-state index in [1.54, 1.807) is 0 Å². The first-order valence-electron chi connectivity index (χ1n) is 8.78. The predicted molar refractivity (Wildman–Crippen MR) is 83.7 cm³/mol. The molecule has 1 N–H and O–H groups in total. The zero-order valence-corrected chi connectivity index (χ0v) is 13.7. The largest absolute Gasteiger partial charge is 0.364 e. The first-order valence-corrected chi connectivity index (χ1v) is 8.78. The molecule has 6 heteroatoms. The van der Waals surface area contributed by atoms with Crippen LogP contribution in [0.4, 0.5) is 0 Å². The van der Waals surface area contributed by atoms with Crippen molar-refractivity contribution in [2.45, 2.75) is 63.8 Å². The lowest BCUT2D eigenvalue weighted by Crippen LogP contribution is -2.45. The monoisotopic (exact) mass is 319 g/mol. The number of hydrogen-bond donors (Lipinski definition) is 1. The van der Waals surface area contributed by atoms with E-state index in [1.807, 2.05) is 13.0 Å². The van der Waals surface area contributed by atoms with Gasteiger partial charge in [-0.3, -0.25) is 9.69 Å². The van der Waals surface area contributed by atoms with Crippen molar-refractivity contribution in [3.63, 3.8) is 0 Å². The highest BCUT2D eigenvalue weighted by atomic mass is 16.5. The summed E-state index contributed by atoms with van der Waals surface area (Å²) in [6.07, 6.45) is 5.37. The van der Waals surface area contributed by atoms with Gasteiger partial charge in [-0.25, -0.2) is 0 Å². The smallest absolute Gasteiger partial charge is 0.249 e. The number of hydrogen-bond acceptors (Lipinski definition) is 5. The Kier molecular flexibility index (Phi) is 4.11. The SMILES string of the molecule is Cc1cc(CN2CC[C@H]3C[C@@H](C(=O)NC4CCC4)O[C@H]3C2)no1. The van der Waals surface area contributed by atoms with Crippen LogP contribution in [-0.4, -0.2) is 47.3 Å². The number of nitrogens with one attached hydrogen (secondary N) is 1. The van der Waals surface area contributed by atoms with E-state index in [1.165, 1.54) is 6.42 Å². The van der Waals surface area contributed by atoms with E-state index in [2.05, 4.69) is 15.4 Å². The Labute approximate surface area is 136 Å². The molecule has 0 radical (unpaired) electrons. The second-order valence-corrected chi connectivity index (χ2v) is 7.25. The third-order valence-corrected chi connectivity index (χ3v) is 5.44. The highest BCUT2D eigenvalue weighted by Gasteiger charge is 2.42. The van der Waals surface area contributed by atoms with Gasteiger partial charge in [-0.1, -0.05) is 5.16 Å². The average molecular weight is 319 g/mol. The normalized spacial score (nSPS) is 31.6. The lowest BCUT2D eigenvalue weighted by Gasteiger charge is -2.33. The minimum Gasteiger partial charge on any atom is -0.364 e. The minimum atomic E-state index is -0.250. The average Bonchev–Trinajstić information content (AvgIpc) is 3.08. The van der Waals surface area contributed by atoms with Gasteiger partial charge in [0, 0.05) is 25.2 Å². The molecule has 1 aromatic heterocycles. The third-order valence-electron chi connectivity index (χ3n) is 5.44. The standard InChI is InChI=1S/C17H25N3O3/c1-11-7-14(19-23-11)9-20-6-5-12-8-15(22-16(12)10-20)17(21)18-13-3-2-4-13/h7,12-13,15-16H,2-6,8-10H2,1H3,(H,18,21)/t12-,15-,16-/m0/s1. The van der Waals surface area contributed by atoms with Crippen LogP contribution in [0.25, 0.3) is 0 Å². The highest BCUT2D eigenvalue weighted by molar-refractivity contribution is 5.81. The molecule has 4 rings (SSSR count). The fourth-order valence-corrected chi connectivity index (χ4v) is 3.88. The fourth-order valence-electron chi connectivity index (χ4n) is 3.88. The van der Waals surface area contributed by atoms with Crippen molar-refractivity contribution in [3.05, 3.63) is 17.5 Å². The molecule has 3 atom stereocenters. The summed E-state index contributed by atoms with van der Waals surface area (Å²) < 4.78 is 11.2. The van der Waals surface area contributed by atoms with Gasteiger partial charge in [-0.2, -0.15) is 0 Å². The van der Waals surface area contributed by atoms with Crippen molar-refractivity contribution in [3.8, 4) is 0 Å². The summed E-state index contributed by atoms with van der Waals surface area (Å²) in [5, 5.41) is 7.19. The molecule has 126 valence electrons. The van der Waals surface area contributed by atoms with E-state index in [4.69, 9.17) is 9.26 Å². The summed E-state index contributed by atoms with van der Waals surface area (Å²) in [7, 11) is 0. The molecule has 1 amide bonds. The molecule has 23 heavy (non-hydrogen) atoms. The van der Waals surface area contributed by atoms with Crippen LogP contribution in [0.1, 0.15) is 43.6 Å². The van der Waals surface area contributed by atoms with Gasteiger partial charge in [0.25, 0.3) is 0 Å². The van der Waals surface area contributed by atoms with E-state index >= 15 is 0 Å². The second kappa shape index (κ2) is 6.24. The molecule has 1 saturated carbocycles. The number of piperidine rings is 1. The minimum absolute atomic E-state index is 0.0998. The second-order valence-electron chi connectivity index (χ2n) is 7.25. The Bertz CT molecular complexity index is 569. The highest BCUT2D eigenvalue weighted by Crippen LogP contribution is 2.34. The molecule has 2 saturated heterocycles. The zero-order valence-electron chi connectivity index (χ0n) is 13.7. The maximum Gasteiger partial charge on any atom is 0.249 e. The number of fused-ring (bicyclic) bond motifs is 1. The summed E-state index contributed by atoms with van der Waals surface area (Å²) in [6.45, 7) is 4.62. The van der Waals surface area contributed by atoms with E-state index in [9.17, 15) is 4.79 Å². The van der Waals surface area contributed by atoms with Crippen LogP contribution < -0.4 is 5.32 Å². The molecule has 3 aliphatic rings. The van der Waals surface area contributed by atoms with Crippen LogP contribution in [-0.2, 0) is 16.1 Å². The van der Waals surface area contributed by atoms with Gasteiger partial charge in [0.05, 0.1) is 11.8 Å². The lowest BCUT2D eigenvalue weighted by atomic mass is 9.90. The summed E-state index contributed by atoms with van der Waals surface area (Å²) in [5.41, 5.74) is 0.971. The Morgan fingerprint density at radius 1 is 1.43 bits per heavy atom.